The van der Waals surface area contributed by atoms with E-state index >= 15 is 0 Å². The Kier molecular flexibility index (Phi) is 25.6. The van der Waals surface area contributed by atoms with Crippen LogP contribution in [0.15, 0.2) is 0 Å². The lowest BCUT2D eigenvalue weighted by molar-refractivity contribution is -0.249. The van der Waals surface area contributed by atoms with Gasteiger partial charge in [-0.2, -0.15) is 0 Å². The fourth-order valence-electron chi connectivity index (χ4n) is 15.8. The first-order valence-corrected chi connectivity index (χ1v) is 30.0. The summed E-state index contributed by atoms with van der Waals surface area (Å²) >= 11 is 0. The van der Waals surface area contributed by atoms with Crippen molar-refractivity contribution < 1.29 is 19.1 Å². The van der Waals surface area contributed by atoms with E-state index in [2.05, 4.69) is 69.2 Å². The van der Waals surface area contributed by atoms with Gasteiger partial charge in [-0.25, -0.2) is 0 Å². The monoisotopic (exact) mass is 923 g/mol. The smallest absolute Gasteiger partial charge is 0.306 e. The molecule has 0 unspecified atom stereocenters. The molecule has 0 bridgehead atoms. The van der Waals surface area contributed by atoms with Crippen molar-refractivity contribution in [2.45, 2.75) is 325 Å². The Hall–Kier alpha value is -1.06. The lowest BCUT2D eigenvalue weighted by Crippen LogP contribution is -2.66. The summed E-state index contributed by atoms with van der Waals surface area (Å²) in [7, 11) is 0. The topological polar surface area (TPSA) is 52.6 Å². The zero-order valence-electron chi connectivity index (χ0n) is 46.1. The Morgan fingerprint density at radius 1 is 0.485 bits per heavy atom. The molecule has 4 nitrogen and oxygen atoms in total. The minimum absolute atomic E-state index is 0.0113. The summed E-state index contributed by atoms with van der Waals surface area (Å²) in [6.45, 7) is 24.7. The van der Waals surface area contributed by atoms with Gasteiger partial charge in [0.25, 0.3) is 0 Å². The first kappa shape index (κ1) is 57.5. The van der Waals surface area contributed by atoms with Gasteiger partial charge < -0.3 is 9.47 Å². The summed E-state index contributed by atoms with van der Waals surface area (Å²) in [5, 5.41) is 0. The second-order valence-corrected chi connectivity index (χ2v) is 25.6. The van der Waals surface area contributed by atoms with Crippen LogP contribution in [0.4, 0.5) is 0 Å². The molecule has 10 atom stereocenters. The summed E-state index contributed by atoms with van der Waals surface area (Å²) in [4.78, 5) is 27.5. The molecule has 0 radical (unpaired) electrons. The van der Waals surface area contributed by atoms with Crippen molar-refractivity contribution in [2.24, 2.45) is 57.2 Å². The van der Waals surface area contributed by atoms with Crippen LogP contribution in [-0.2, 0) is 19.1 Å². The van der Waals surface area contributed by atoms with E-state index in [-0.39, 0.29) is 45.8 Å². The lowest BCUT2D eigenvalue weighted by Gasteiger charge is -2.70. The van der Waals surface area contributed by atoms with Gasteiger partial charge in [-0.15, -0.1) is 0 Å². The normalized spacial score (nSPS) is 30.7. The Bertz CT molecular complexity index is 1340. The molecule has 4 fully saturated rings. The lowest BCUT2D eigenvalue weighted by atomic mass is 9.35. The van der Waals surface area contributed by atoms with Gasteiger partial charge in [-0.1, -0.05) is 243 Å². The molecular formula is C62H114O4. The molecule has 0 aromatic carbocycles. The minimum atomic E-state index is -0.0820. The Morgan fingerprint density at radius 3 is 1.39 bits per heavy atom. The molecule has 0 heterocycles. The molecule has 386 valence electrons. The predicted molar refractivity (Wildman–Crippen MR) is 283 cm³/mol. The number of hydrogen-bond donors (Lipinski definition) is 0. The second-order valence-electron chi connectivity index (χ2n) is 25.6. The molecule has 4 saturated carbocycles. The van der Waals surface area contributed by atoms with Crippen molar-refractivity contribution in [2.75, 3.05) is 0 Å². The van der Waals surface area contributed by atoms with Crippen molar-refractivity contribution >= 4 is 11.9 Å². The maximum Gasteiger partial charge on any atom is 0.306 e. The second kappa shape index (κ2) is 29.3. The fourth-order valence-corrected chi connectivity index (χ4v) is 15.8. The van der Waals surface area contributed by atoms with Gasteiger partial charge >= 0.3 is 11.9 Å². The Labute approximate surface area is 412 Å². The van der Waals surface area contributed by atoms with Crippen molar-refractivity contribution in [3.63, 3.8) is 0 Å². The maximum atomic E-state index is 14.0. The van der Waals surface area contributed by atoms with Crippen LogP contribution < -0.4 is 0 Å². The number of carbonyl (C=O) groups excluding carboxylic acids is 2. The van der Waals surface area contributed by atoms with E-state index in [4.69, 9.17) is 9.47 Å². The highest BCUT2D eigenvalue weighted by molar-refractivity contribution is 5.70. The molecule has 0 amide bonds. The van der Waals surface area contributed by atoms with E-state index in [1.165, 1.54) is 186 Å². The summed E-state index contributed by atoms with van der Waals surface area (Å²) in [5.74, 6) is 3.57. The molecule has 0 N–H and O–H groups in total. The summed E-state index contributed by atoms with van der Waals surface area (Å²) in [6.07, 6.45) is 47.4. The zero-order valence-corrected chi connectivity index (χ0v) is 46.1. The van der Waals surface area contributed by atoms with Crippen molar-refractivity contribution in [3.05, 3.63) is 0 Å². The molecular weight excluding hydrogens is 809 g/mol. The average Bonchev–Trinajstić information content (AvgIpc) is 3.65. The molecule has 0 aliphatic heterocycles. The van der Waals surface area contributed by atoms with Crippen LogP contribution in [0, 0.1) is 57.2 Å². The zero-order chi connectivity index (χ0) is 48.1. The Morgan fingerprint density at radius 2 is 0.924 bits per heavy atom. The largest absolute Gasteiger partial charge is 0.462 e. The number of unbranched alkanes of at least 4 members (excludes halogenated alkanes) is 24. The van der Waals surface area contributed by atoms with Crippen molar-refractivity contribution in [1.29, 1.82) is 0 Å². The van der Waals surface area contributed by atoms with E-state index in [9.17, 15) is 9.59 Å². The molecule has 0 aromatic rings. The quantitative estimate of drug-likeness (QED) is 0.0469. The summed E-state index contributed by atoms with van der Waals surface area (Å²) < 4.78 is 13.4. The highest BCUT2D eigenvalue weighted by atomic mass is 16.5. The standard InChI is InChI=1S/C62H114O4/c1-11-13-15-17-19-21-23-25-27-29-31-33-35-40-56(63)65-52-48-54-60(8)45-44-55(66-57(64)41-36-34-32-30-28-26-24-22-20-18-16-14-12-2)59(6,7)53(60)43-47-61(54,9)62(10)46-42-51(58(52)62)50(5)39-37-38-49(3)4/h49-55,58H,11-48H2,1-10H3/t50-,51-,52-,53+,54-,55+,58+,60+,61-,62-/m1/s1. The number of hydrogen-bond acceptors (Lipinski definition) is 4. The van der Waals surface area contributed by atoms with Crippen molar-refractivity contribution in [1.82, 2.24) is 0 Å². The highest BCUT2D eigenvalue weighted by Crippen LogP contribution is 2.76. The molecule has 4 aliphatic carbocycles. The van der Waals surface area contributed by atoms with Crippen LogP contribution in [0.25, 0.3) is 0 Å². The third-order valence-corrected chi connectivity index (χ3v) is 20.1. The van der Waals surface area contributed by atoms with Crippen LogP contribution in [0.3, 0.4) is 0 Å². The van der Waals surface area contributed by atoms with Crippen LogP contribution in [0.2, 0.25) is 0 Å². The van der Waals surface area contributed by atoms with Crippen LogP contribution in [-0.4, -0.2) is 24.1 Å². The van der Waals surface area contributed by atoms with E-state index in [0.717, 1.165) is 50.9 Å². The van der Waals surface area contributed by atoms with Gasteiger partial charge in [0.2, 0.25) is 0 Å². The fraction of sp³-hybridized carbons (Fsp3) is 0.968. The van der Waals surface area contributed by atoms with Crippen molar-refractivity contribution in [3.8, 4) is 0 Å². The molecule has 0 saturated heterocycles. The van der Waals surface area contributed by atoms with Gasteiger partial charge in [-0.05, 0) is 104 Å². The van der Waals surface area contributed by atoms with E-state index in [1.54, 1.807) is 0 Å². The molecule has 0 aromatic heterocycles. The van der Waals surface area contributed by atoms with Gasteiger partial charge in [0, 0.05) is 24.2 Å². The minimum Gasteiger partial charge on any atom is -0.462 e. The molecule has 4 heteroatoms. The number of fused-ring (bicyclic) bond motifs is 5. The maximum absolute atomic E-state index is 14.0. The van der Waals surface area contributed by atoms with Crippen LogP contribution in [0.5, 0.6) is 0 Å². The third kappa shape index (κ3) is 16.2. The highest BCUT2D eigenvalue weighted by Gasteiger charge is 2.71. The Balaban J connectivity index is 1.32. The number of carbonyl (C=O) groups is 2. The predicted octanol–water partition coefficient (Wildman–Crippen LogP) is 19.5. The van der Waals surface area contributed by atoms with Gasteiger partial charge in [-0.3, -0.25) is 9.59 Å². The van der Waals surface area contributed by atoms with Gasteiger partial charge in [0.1, 0.15) is 12.2 Å². The third-order valence-electron chi connectivity index (χ3n) is 20.1. The molecule has 4 aliphatic rings. The number of rotatable bonds is 35. The SMILES string of the molecule is CCCCCCCCCCCCCCCC(=O)O[C@H]1CC[C@]2(C)[C@H]3C[C@@H](OC(=O)CCCCCCCCCCCCCCC)[C@@H]4[C@@H]([C@H](C)CCCC(C)C)CC[C@@]4(C)[C@]3(C)CC[C@H]2C1(C)C. The van der Waals surface area contributed by atoms with Crippen LogP contribution in [0.1, 0.15) is 313 Å². The summed E-state index contributed by atoms with van der Waals surface area (Å²) in [6, 6.07) is 0. The van der Waals surface area contributed by atoms with E-state index in [1.807, 2.05) is 0 Å². The first-order valence-electron chi connectivity index (χ1n) is 30.0. The van der Waals surface area contributed by atoms with E-state index in [0.29, 0.717) is 42.4 Å². The van der Waals surface area contributed by atoms with Crippen LogP contribution >= 0.6 is 0 Å². The summed E-state index contributed by atoms with van der Waals surface area (Å²) in [5.41, 5.74) is 0.411. The number of esters is 2. The molecule has 66 heavy (non-hydrogen) atoms. The van der Waals surface area contributed by atoms with Gasteiger partial charge in [0.05, 0.1) is 0 Å². The molecule has 4 rings (SSSR count). The van der Waals surface area contributed by atoms with E-state index < -0.39 is 0 Å². The average molecular weight is 924 g/mol. The van der Waals surface area contributed by atoms with Gasteiger partial charge in [0.15, 0.2) is 0 Å². The number of ether oxygens (including phenoxy) is 2. The first-order chi connectivity index (χ1) is 31.7. The molecule has 0 spiro atoms.